The van der Waals surface area contributed by atoms with Crippen LogP contribution in [0.5, 0.6) is 0 Å². The monoisotopic (exact) mass is 366 g/mol. The van der Waals surface area contributed by atoms with Crippen LogP contribution in [0, 0.1) is 0 Å². The van der Waals surface area contributed by atoms with Gasteiger partial charge < -0.3 is 25.2 Å². The molecule has 0 saturated heterocycles. The van der Waals surface area contributed by atoms with E-state index in [-0.39, 0.29) is 37.7 Å². The molecular weight excluding hydrogens is 340 g/mol. The van der Waals surface area contributed by atoms with Crippen LogP contribution in [0.1, 0.15) is 32.8 Å². The standard InChI is InChI=1S/C18H26N2O6/c1-18(2,3)20-15(21)12-25-11-14(9-16(22)23)19-17(24)26-10-13-7-5-4-6-8-13/h4-8,14H,9-12H2,1-3H3,(H,19,24)(H,20,21)(H,22,23). The first-order valence-corrected chi connectivity index (χ1v) is 8.23. The smallest absolute Gasteiger partial charge is 0.407 e. The largest absolute Gasteiger partial charge is 0.481 e. The fourth-order valence-electron chi connectivity index (χ4n) is 2.04. The Labute approximate surface area is 152 Å². The molecule has 144 valence electrons. The maximum atomic E-state index is 11.8. The van der Waals surface area contributed by atoms with Gasteiger partial charge in [-0.1, -0.05) is 30.3 Å². The zero-order valence-electron chi connectivity index (χ0n) is 15.3. The Morgan fingerprint density at radius 1 is 1.15 bits per heavy atom. The van der Waals surface area contributed by atoms with Gasteiger partial charge in [-0.05, 0) is 26.3 Å². The molecule has 0 aromatic heterocycles. The number of hydrogen-bond donors (Lipinski definition) is 3. The molecule has 1 unspecified atom stereocenters. The number of nitrogens with one attached hydrogen (secondary N) is 2. The topological polar surface area (TPSA) is 114 Å². The van der Waals surface area contributed by atoms with E-state index in [9.17, 15) is 14.4 Å². The van der Waals surface area contributed by atoms with Gasteiger partial charge in [-0.3, -0.25) is 9.59 Å². The number of alkyl carbamates (subject to hydrolysis) is 1. The minimum atomic E-state index is -1.10. The third-order valence-corrected chi connectivity index (χ3v) is 3.02. The average molecular weight is 366 g/mol. The van der Waals surface area contributed by atoms with Crippen LogP contribution in [0.25, 0.3) is 0 Å². The quantitative estimate of drug-likeness (QED) is 0.613. The Bertz CT molecular complexity index is 597. The first-order chi connectivity index (χ1) is 12.2. The lowest BCUT2D eigenvalue weighted by atomic mass is 10.1. The summed E-state index contributed by atoms with van der Waals surface area (Å²) in [6.07, 6.45) is -1.09. The summed E-state index contributed by atoms with van der Waals surface area (Å²) in [5.74, 6) is -1.42. The number of carbonyl (C=O) groups is 3. The number of benzene rings is 1. The van der Waals surface area contributed by atoms with Gasteiger partial charge in [-0.25, -0.2) is 4.79 Å². The highest BCUT2D eigenvalue weighted by molar-refractivity contribution is 5.77. The Kier molecular flexibility index (Phi) is 8.57. The van der Waals surface area contributed by atoms with Crippen molar-refractivity contribution in [1.82, 2.24) is 10.6 Å². The highest BCUT2D eigenvalue weighted by atomic mass is 16.5. The summed E-state index contributed by atoms with van der Waals surface area (Å²) in [6, 6.07) is 8.29. The molecule has 3 N–H and O–H groups in total. The molecule has 0 bridgehead atoms. The molecule has 0 fully saturated rings. The molecule has 0 heterocycles. The number of carboxylic acid groups (broad SMARTS) is 1. The Morgan fingerprint density at radius 2 is 1.81 bits per heavy atom. The van der Waals surface area contributed by atoms with E-state index in [4.69, 9.17) is 14.6 Å². The summed E-state index contributed by atoms with van der Waals surface area (Å²) in [6.45, 7) is 5.23. The number of aliphatic carboxylic acids is 1. The fourth-order valence-corrected chi connectivity index (χ4v) is 2.04. The van der Waals surface area contributed by atoms with E-state index in [1.54, 1.807) is 12.1 Å². The lowest BCUT2D eigenvalue weighted by molar-refractivity contribution is -0.137. The number of rotatable bonds is 9. The zero-order valence-corrected chi connectivity index (χ0v) is 15.3. The third-order valence-electron chi connectivity index (χ3n) is 3.02. The Morgan fingerprint density at radius 3 is 2.38 bits per heavy atom. The van der Waals surface area contributed by atoms with Gasteiger partial charge in [0.2, 0.25) is 5.91 Å². The molecule has 0 spiro atoms. The van der Waals surface area contributed by atoms with Crippen molar-refractivity contribution >= 4 is 18.0 Å². The third kappa shape index (κ3) is 10.3. The molecule has 0 aliphatic heterocycles. The van der Waals surface area contributed by atoms with Crippen molar-refractivity contribution in [2.45, 2.75) is 45.4 Å². The second-order valence-electron chi connectivity index (χ2n) is 6.81. The molecule has 1 atom stereocenters. The number of amides is 2. The summed E-state index contributed by atoms with van der Waals surface area (Å²) in [5, 5.41) is 14.1. The van der Waals surface area contributed by atoms with Crippen molar-refractivity contribution in [3.05, 3.63) is 35.9 Å². The molecule has 26 heavy (non-hydrogen) atoms. The number of carbonyl (C=O) groups excluding carboxylic acids is 2. The summed E-state index contributed by atoms with van der Waals surface area (Å²) >= 11 is 0. The van der Waals surface area contributed by atoms with E-state index in [0.717, 1.165) is 5.56 Å². The number of ether oxygens (including phenoxy) is 2. The van der Waals surface area contributed by atoms with Crippen LogP contribution < -0.4 is 10.6 Å². The summed E-state index contributed by atoms with van der Waals surface area (Å²) in [5.41, 5.74) is 0.424. The molecule has 8 heteroatoms. The minimum absolute atomic E-state index is 0.0707. The normalized spacial score (nSPS) is 12.1. The minimum Gasteiger partial charge on any atom is -0.481 e. The predicted octanol–water partition coefficient (Wildman–Crippen LogP) is 1.69. The average Bonchev–Trinajstić information content (AvgIpc) is 2.51. The van der Waals surface area contributed by atoms with E-state index in [1.807, 2.05) is 39.0 Å². The van der Waals surface area contributed by atoms with Crippen molar-refractivity contribution in [2.24, 2.45) is 0 Å². The van der Waals surface area contributed by atoms with E-state index in [0.29, 0.717) is 0 Å². The van der Waals surface area contributed by atoms with Crippen LogP contribution in [0.2, 0.25) is 0 Å². The molecule has 1 aromatic rings. The molecule has 0 radical (unpaired) electrons. The van der Waals surface area contributed by atoms with Crippen molar-refractivity contribution in [3.8, 4) is 0 Å². The van der Waals surface area contributed by atoms with Crippen LogP contribution in [-0.4, -0.2) is 47.9 Å². The summed E-state index contributed by atoms with van der Waals surface area (Å²) < 4.78 is 10.3. The molecular formula is C18H26N2O6. The van der Waals surface area contributed by atoms with E-state index >= 15 is 0 Å². The van der Waals surface area contributed by atoms with Gasteiger partial charge in [0.05, 0.1) is 19.1 Å². The van der Waals surface area contributed by atoms with E-state index in [2.05, 4.69) is 10.6 Å². The first kappa shape index (κ1) is 21.4. The number of carboxylic acids is 1. The van der Waals surface area contributed by atoms with Crippen LogP contribution in [-0.2, 0) is 25.7 Å². The molecule has 1 rings (SSSR count). The number of hydrogen-bond acceptors (Lipinski definition) is 5. The van der Waals surface area contributed by atoms with Gasteiger partial charge in [-0.15, -0.1) is 0 Å². The molecule has 8 nitrogen and oxygen atoms in total. The highest BCUT2D eigenvalue weighted by Crippen LogP contribution is 2.02. The van der Waals surface area contributed by atoms with E-state index < -0.39 is 18.1 Å². The summed E-state index contributed by atoms with van der Waals surface area (Å²) in [7, 11) is 0. The maximum Gasteiger partial charge on any atom is 0.407 e. The van der Waals surface area contributed by atoms with Crippen molar-refractivity contribution in [1.29, 1.82) is 0 Å². The van der Waals surface area contributed by atoms with Gasteiger partial charge in [0.25, 0.3) is 0 Å². The molecule has 0 aliphatic carbocycles. The molecule has 1 aromatic carbocycles. The fraction of sp³-hybridized carbons (Fsp3) is 0.500. The maximum absolute atomic E-state index is 11.8. The summed E-state index contributed by atoms with van der Waals surface area (Å²) in [4.78, 5) is 34.4. The molecule has 2 amide bonds. The Hall–Kier alpha value is -2.61. The molecule has 0 aliphatic rings. The SMILES string of the molecule is CC(C)(C)NC(=O)COCC(CC(=O)O)NC(=O)OCc1ccccc1. The van der Waals surface area contributed by atoms with Crippen molar-refractivity contribution < 1.29 is 29.0 Å². The van der Waals surface area contributed by atoms with Crippen LogP contribution in [0.3, 0.4) is 0 Å². The second-order valence-corrected chi connectivity index (χ2v) is 6.81. The van der Waals surface area contributed by atoms with Gasteiger partial charge in [-0.2, -0.15) is 0 Å². The van der Waals surface area contributed by atoms with Gasteiger partial charge >= 0.3 is 12.1 Å². The van der Waals surface area contributed by atoms with Gasteiger partial charge in [0.15, 0.2) is 0 Å². The van der Waals surface area contributed by atoms with Crippen LogP contribution in [0.4, 0.5) is 4.79 Å². The molecule has 0 saturated carbocycles. The lowest BCUT2D eigenvalue weighted by Crippen LogP contribution is -2.44. The lowest BCUT2D eigenvalue weighted by Gasteiger charge is -2.21. The predicted molar refractivity (Wildman–Crippen MR) is 94.5 cm³/mol. The van der Waals surface area contributed by atoms with Crippen LogP contribution >= 0.6 is 0 Å². The zero-order chi connectivity index (χ0) is 19.6. The van der Waals surface area contributed by atoms with Gasteiger partial charge in [0.1, 0.15) is 13.2 Å². The van der Waals surface area contributed by atoms with Crippen LogP contribution in [0.15, 0.2) is 30.3 Å². The van der Waals surface area contributed by atoms with E-state index in [1.165, 1.54) is 0 Å². The van der Waals surface area contributed by atoms with Crippen molar-refractivity contribution in [3.63, 3.8) is 0 Å². The first-order valence-electron chi connectivity index (χ1n) is 8.23. The Balaban J connectivity index is 2.41. The van der Waals surface area contributed by atoms with Crippen molar-refractivity contribution in [2.75, 3.05) is 13.2 Å². The highest BCUT2D eigenvalue weighted by Gasteiger charge is 2.19. The second kappa shape index (κ2) is 10.4. The van der Waals surface area contributed by atoms with Gasteiger partial charge in [0, 0.05) is 5.54 Å².